The van der Waals surface area contributed by atoms with E-state index in [4.69, 9.17) is 0 Å². The van der Waals surface area contributed by atoms with Crippen LogP contribution in [0.3, 0.4) is 0 Å². The van der Waals surface area contributed by atoms with Gasteiger partial charge in [0.15, 0.2) is 0 Å². The summed E-state index contributed by atoms with van der Waals surface area (Å²) in [6.07, 6.45) is 4.15. The van der Waals surface area contributed by atoms with Gasteiger partial charge >= 0.3 is 5.97 Å². The lowest BCUT2D eigenvalue weighted by atomic mass is 9.78. The van der Waals surface area contributed by atoms with Gasteiger partial charge in [0.1, 0.15) is 5.54 Å². The lowest BCUT2D eigenvalue weighted by molar-refractivity contribution is -0.149. The molecule has 0 amide bonds. The summed E-state index contributed by atoms with van der Waals surface area (Å²) in [7, 11) is 0. The van der Waals surface area contributed by atoms with Crippen LogP contribution in [0.5, 0.6) is 0 Å². The van der Waals surface area contributed by atoms with Crippen LogP contribution in [-0.4, -0.2) is 47.2 Å². The topological polar surface area (TPSA) is 52.6 Å². The zero-order valence-electron chi connectivity index (χ0n) is 8.91. The highest BCUT2D eigenvalue weighted by Crippen LogP contribution is 2.38. The van der Waals surface area contributed by atoms with Gasteiger partial charge in [-0.3, -0.25) is 10.1 Å². The van der Waals surface area contributed by atoms with Crippen molar-refractivity contribution >= 4 is 5.97 Å². The summed E-state index contributed by atoms with van der Waals surface area (Å²) in [6.45, 7) is 3.01. The summed E-state index contributed by atoms with van der Waals surface area (Å²) in [6, 6.07) is 0.480. The highest BCUT2D eigenvalue weighted by molar-refractivity contribution is 5.80. The van der Waals surface area contributed by atoms with Gasteiger partial charge in [-0.2, -0.15) is 0 Å². The van der Waals surface area contributed by atoms with E-state index in [1.807, 2.05) is 0 Å². The van der Waals surface area contributed by atoms with Crippen molar-refractivity contribution in [3.05, 3.63) is 0 Å². The molecule has 0 spiro atoms. The fourth-order valence-electron chi connectivity index (χ4n) is 3.10. The Hall–Kier alpha value is -0.610. The minimum absolute atomic E-state index is 0.323. The Morgan fingerprint density at radius 2 is 2.13 bits per heavy atom. The summed E-state index contributed by atoms with van der Waals surface area (Å²) in [5.41, 5.74) is -0.603. The van der Waals surface area contributed by atoms with E-state index in [0.29, 0.717) is 12.0 Å². The van der Waals surface area contributed by atoms with Crippen LogP contribution >= 0.6 is 0 Å². The molecule has 3 atom stereocenters. The molecule has 2 saturated heterocycles. The van der Waals surface area contributed by atoms with Crippen molar-refractivity contribution in [2.45, 2.75) is 37.3 Å². The van der Waals surface area contributed by atoms with Crippen molar-refractivity contribution in [3.63, 3.8) is 0 Å². The molecule has 1 saturated carbocycles. The Balaban J connectivity index is 1.84. The Morgan fingerprint density at radius 3 is 2.80 bits per heavy atom. The monoisotopic (exact) mass is 210 g/mol. The number of hydrogen-bond donors (Lipinski definition) is 2. The summed E-state index contributed by atoms with van der Waals surface area (Å²) >= 11 is 0. The molecule has 84 valence electrons. The van der Waals surface area contributed by atoms with Crippen molar-refractivity contribution in [1.29, 1.82) is 0 Å². The summed E-state index contributed by atoms with van der Waals surface area (Å²) in [5.74, 6) is -0.301. The average Bonchev–Trinajstić information content (AvgIpc) is 2.93. The Labute approximate surface area is 89.6 Å². The first-order valence-electron chi connectivity index (χ1n) is 5.94. The molecule has 3 fully saturated rings. The quantitative estimate of drug-likeness (QED) is 0.703. The third-order valence-electron chi connectivity index (χ3n) is 4.21. The van der Waals surface area contributed by atoms with Crippen LogP contribution in [0.2, 0.25) is 0 Å². The number of aliphatic carboxylic acids is 1. The van der Waals surface area contributed by atoms with Gasteiger partial charge in [0.05, 0.1) is 0 Å². The van der Waals surface area contributed by atoms with E-state index in [9.17, 15) is 9.90 Å². The normalized spacial score (nSPS) is 44.3. The molecule has 3 aliphatic rings. The van der Waals surface area contributed by atoms with Gasteiger partial charge in [0.2, 0.25) is 0 Å². The molecule has 2 aliphatic heterocycles. The molecular weight excluding hydrogens is 192 g/mol. The second kappa shape index (κ2) is 3.19. The van der Waals surface area contributed by atoms with Gasteiger partial charge in [0.25, 0.3) is 0 Å². The maximum absolute atomic E-state index is 11.5. The third-order valence-corrected chi connectivity index (χ3v) is 4.21. The van der Waals surface area contributed by atoms with E-state index < -0.39 is 11.5 Å². The van der Waals surface area contributed by atoms with E-state index in [-0.39, 0.29) is 0 Å². The number of carboxylic acids is 1. The van der Waals surface area contributed by atoms with Gasteiger partial charge in [0, 0.05) is 25.0 Å². The van der Waals surface area contributed by atoms with Gasteiger partial charge in [-0.25, -0.2) is 0 Å². The van der Waals surface area contributed by atoms with Crippen molar-refractivity contribution < 1.29 is 9.90 Å². The molecule has 4 heteroatoms. The van der Waals surface area contributed by atoms with Crippen molar-refractivity contribution in [2.75, 3.05) is 19.6 Å². The minimum atomic E-state index is -0.624. The van der Waals surface area contributed by atoms with Crippen LogP contribution in [0.4, 0.5) is 0 Å². The average molecular weight is 210 g/mol. The second-order valence-electron chi connectivity index (χ2n) is 5.23. The van der Waals surface area contributed by atoms with Crippen LogP contribution < -0.4 is 5.32 Å². The van der Waals surface area contributed by atoms with Gasteiger partial charge < -0.3 is 10.0 Å². The highest BCUT2D eigenvalue weighted by Gasteiger charge is 2.53. The van der Waals surface area contributed by atoms with Gasteiger partial charge in [-0.15, -0.1) is 0 Å². The Kier molecular flexibility index (Phi) is 2.04. The van der Waals surface area contributed by atoms with E-state index in [2.05, 4.69) is 10.2 Å². The molecule has 3 unspecified atom stereocenters. The highest BCUT2D eigenvalue weighted by atomic mass is 16.4. The number of nitrogens with one attached hydrogen (secondary N) is 1. The summed E-state index contributed by atoms with van der Waals surface area (Å²) in [5, 5.41) is 12.9. The standard InChI is InChI=1S/C11H18N2O2/c14-10(15)11(12-9-1-2-9)4-6-13-5-3-8(11)7-13/h8-9,12H,1-7H2,(H,14,15). The predicted octanol–water partition coefficient (Wildman–Crippen LogP) is 0.287. The summed E-state index contributed by atoms with van der Waals surface area (Å²) < 4.78 is 0. The van der Waals surface area contributed by atoms with Crippen LogP contribution in [-0.2, 0) is 4.79 Å². The molecule has 0 aromatic heterocycles. The van der Waals surface area contributed by atoms with E-state index in [1.54, 1.807) is 0 Å². The maximum Gasteiger partial charge on any atom is 0.324 e. The smallest absolute Gasteiger partial charge is 0.324 e. The molecule has 0 aromatic carbocycles. The largest absolute Gasteiger partial charge is 0.480 e. The molecule has 3 rings (SSSR count). The van der Waals surface area contributed by atoms with Crippen LogP contribution in [0.15, 0.2) is 0 Å². The Bertz CT molecular complexity index is 290. The zero-order chi connectivity index (χ0) is 10.5. The summed E-state index contributed by atoms with van der Waals surface area (Å²) in [4.78, 5) is 13.9. The lowest BCUT2D eigenvalue weighted by Crippen LogP contribution is -2.62. The van der Waals surface area contributed by atoms with Gasteiger partial charge in [-0.1, -0.05) is 0 Å². The molecule has 4 nitrogen and oxygen atoms in total. The molecule has 0 radical (unpaired) electrons. The van der Waals surface area contributed by atoms with Gasteiger partial charge in [-0.05, 0) is 32.2 Å². The molecular formula is C11H18N2O2. The molecule has 2 bridgehead atoms. The Morgan fingerprint density at radius 1 is 1.33 bits per heavy atom. The predicted molar refractivity (Wildman–Crippen MR) is 55.7 cm³/mol. The minimum Gasteiger partial charge on any atom is -0.480 e. The second-order valence-corrected chi connectivity index (χ2v) is 5.23. The first-order valence-corrected chi connectivity index (χ1v) is 5.94. The molecule has 15 heavy (non-hydrogen) atoms. The number of nitrogens with zero attached hydrogens (tertiary/aromatic N) is 1. The van der Waals surface area contributed by atoms with Crippen LogP contribution in [0, 0.1) is 5.92 Å². The fourth-order valence-corrected chi connectivity index (χ4v) is 3.10. The first kappa shape index (κ1) is 9.60. The SMILES string of the molecule is O=C(O)C1(NC2CC2)CCN2CCC1C2. The lowest BCUT2D eigenvalue weighted by Gasteiger charge is -2.40. The number of rotatable bonds is 3. The zero-order valence-corrected chi connectivity index (χ0v) is 8.91. The number of piperidine rings is 1. The molecule has 2 heterocycles. The number of carboxylic acid groups (broad SMARTS) is 1. The van der Waals surface area contributed by atoms with Crippen molar-refractivity contribution in [3.8, 4) is 0 Å². The number of fused-ring (bicyclic) bond motifs is 2. The number of carbonyl (C=O) groups is 1. The van der Waals surface area contributed by atoms with Crippen molar-refractivity contribution in [1.82, 2.24) is 10.2 Å². The van der Waals surface area contributed by atoms with E-state index >= 15 is 0 Å². The number of hydrogen-bond acceptors (Lipinski definition) is 3. The first-order chi connectivity index (χ1) is 7.21. The van der Waals surface area contributed by atoms with Crippen molar-refractivity contribution in [2.24, 2.45) is 5.92 Å². The maximum atomic E-state index is 11.5. The fraction of sp³-hybridized carbons (Fsp3) is 0.909. The molecule has 0 aromatic rings. The van der Waals surface area contributed by atoms with Crippen LogP contribution in [0.25, 0.3) is 0 Å². The van der Waals surface area contributed by atoms with E-state index in [0.717, 1.165) is 45.3 Å². The molecule has 1 aliphatic carbocycles. The van der Waals surface area contributed by atoms with E-state index in [1.165, 1.54) is 0 Å². The van der Waals surface area contributed by atoms with Crippen LogP contribution in [0.1, 0.15) is 25.7 Å². The third kappa shape index (κ3) is 1.47. The molecule has 2 N–H and O–H groups in total.